The summed E-state index contributed by atoms with van der Waals surface area (Å²) in [7, 11) is 0. The summed E-state index contributed by atoms with van der Waals surface area (Å²) in [4.78, 5) is 24.7. The van der Waals surface area contributed by atoms with E-state index in [4.69, 9.17) is 9.84 Å². The number of amides is 1. The number of para-hydroxylation sites is 1. The molecule has 0 aromatic heterocycles. The fourth-order valence-corrected chi connectivity index (χ4v) is 2.71. The number of hydrogen-bond acceptors (Lipinski definition) is 3. The van der Waals surface area contributed by atoms with E-state index in [1.165, 1.54) is 6.07 Å². The van der Waals surface area contributed by atoms with Gasteiger partial charge >= 0.3 is 5.97 Å². The summed E-state index contributed by atoms with van der Waals surface area (Å²) in [5, 5.41) is 9.07. The van der Waals surface area contributed by atoms with Gasteiger partial charge in [-0.1, -0.05) is 25.5 Å². The Morgan fingerprint density at radius 3 is 2.90 bits per heavy atom. The lowest BCUT2D eigenvalue weighted by atomic mass is 10.0. The number of rotatable bonds is 7. The van der Waals surface area contributed by atoms with Crippen LogP contribution in [0.2, 0.25) is 0 Å². The van der Waals surface area contributed by atoms with Gasteiger partial charge in [-0.25, -0.2) is 4.79 Å². The second-order valence-electron chi connectivity index (χ2n) is 5.35. The van der Waals surface area contributed by atoms with Crippen molar-refractivity contribution < 1.29 is 19.4 Å². The molecule has 0 bridgehead atoms. The van der Waals surface area contributed by atoms with Crippen molar-refractivity contribution in [3.05, 3.63) is 29.8 Å². The Morgan fingerprint density at radius 1 is 1.43 bits per heavy atom. The third kappa shape index (κ3) is 3.97. The van der Waals surface area contributed by atoms with E-state index in [1.54, 1.807) is 18.2 Å². The number of ether oxygens (including phenoxy) is 1. The molecule has 2 rings (SSSR count). The topological polar surface area (TPSA) is 66.8 Å². The molecule has 114 valence electrons. The van der Waals surface area contributed by atoms with Crippen LogP contribution in [0.1, 0.15) is 36.5 Å². The summed E-state index contributed by atoms with van der Waals surface area (Å²) in [5.74, 6) is -0.0370. The second kappa shape index (κ2) is 7.11. The number of carboxylic acids is 1. The molecule has 1 amide bonds. The molecular formula is C16H21NO4. The smallest absolute Gasteiger partial charge is 0.339 e. The van der Waals surface area contributed by atoms with Crippen molar-refractivity contribution >= 4 is 11.9 Å². The molecule has 21 heavy (non-hydrogen) atoms. The van der Waals surface area contributed by atoms with Crippen LogP contribution in [0.25, 0.3) is 0 Å². The largest absolute Gasteiger partial charge is 0.491 e. The van der Waals surface area contributed by atoms with E-state index in [1.807, 2.05) is 4.90 Å². The van der Waals surface area contributed by atoms with Crippen molar-refractivity contribution in [3.8, 4) is 5.75 Å². The number of hydrogen-bond donors (Lipinski definition) is 1. The van der Waals surface area contributed by atoms with E-state index in [0.29, 0.717) is 31.2 Å². The molecular weight excluding hydrogens is 270 g/mol. The monoisotopic (exact) mass is 291 g/mol. The van der Waals surface area contributed by atoms with Gasteiger partial charge in [-0.2, -0.15) is 0 Å². The number of carbonyl (C=O) groups is 2. The molecule has 1 aromatic rings. The average molecular weight is 291 g/mol. The number of carbonyl (C=O) groups excluding carboxylic acids is 1. The van der Waals surface area contributed by atoms with Crippen LogP contribution in [0, 0.1) is 5.92 Å². The maximum atomic E-state index is 11.9. The van der Waals surface area contributed by atoms with Gasteiger partial charge in [-0.05, 0) is 24.5 Å². The number of likely N-dealkylation sites (tertiary alicyclic amines) is 1. The minimum Gasteiger partial charge on any atom is -0.491 e. The highest BCUT2D eigenvalue weighted by Gasteiger charge is 2.28. The Morgan fingerprint density at radius 2 is 2.19 bits per heavy atom. The van der Waals surface area contributed by atoms with Crippen LogP contribution in [-0.4, -0.2) is 41.6 Å². The average Bonchev–Trinajstić information content (AvgIpc) is 2.80. The Hall–Kier alpha value is -2.04. The Bertz CT molecular complexity index is 515. The van der Waals surface area contributed by atoms with E-state index < -0.39 is 5.97 Å². The summed E-state index contributed by atoms with van der Waals surface area (Å²) in [5.41, 5.74) is 0.147. The van der Waals surface area contributed by atoms with E-state index in [0.717, 1.165) is 19.4 Å². The first-order chi connectivity index (χ1) is 10.1. The minimum atomic E-state index is -1.01. The van der Waals surface area contributed by atoms with Gasteiger partial charge in [0.25, 0.3) is 0 Å². The fourth-order valence-electron chi connectivity index (χ4n) is 2.71. The second-order valence-corrected chi connectivity index (χ2v) is 5.35. The fraction of sp³-hybridized carbons (Fsp3) is 0.500. The zero-order valence-corrected chi connectivity index (χ0v) is 12.2. The summed E-state index contributed by atoms with van der Waals surface area (Å²) >= 11 is 0. The van der Waals surface area contributed by atoms with Crippen molar-refractivity contribution in [3.63, 3.8) is 0 Å². The molecule has 0 spiro atoms. The third-order valence-electron chi connectivity index (χ3n) is 3.73. The predicted molar refractivity (Wildman–Crippen MR) is 78.5 cm³/mol. The molecule has 1 saturated heterocycles. The molecule has 1 aliphatic rings. The van der Waals surface area contributed by atoms with E-state index >= 15 is 0 Å². The number of aromatic carboxylic acids is 1. The molecule has 1 fully saturated rings. The number of benzene rings is 1. The van der Waals surface area contributed by atoms with Crippen molar-refractivity contribution in [1.29, 1.82) is 0 Å². The SMILES string of the molecule is CCCC1CC(=O)N(CCOc2ccccc2C(=O)O)C1. The highest BCUT2D eigenvalue weighted by Crippen LogP contribution is 2.22. The van der Waals surface area contributed by atoms with E-state index in [-0.39, 0.29) is 11.5 Å². The van der Waals surface area contributed by atoms with Gasteiger partial charge in [0.2, 0.25) is 5.91 Å². The van der Waals surface area contributed by atoms with Crippen LogP contribution < -0.4 is 4.74 Å². The Labute approximate surface area is 124 Å². The quantitative estimate of drug-likeness (QED) is 0.837. The maximum Gasteiger partial charge on any atom is 0.339 e. The first-order valence-electron chi connectivity index (χ1n) is 7.34. The van der Waals surface area contributed by atoms with Crippen LogP contribution >= 0.6 is 0 Å². The van der Waals surface area contributed by atoms with Crippen LogP contribution in [0.4, 0.5) is 0 Å². The summed E-state index contributed by atoms with van der Waals surface area (Å²) in [6.07, 6.45) is 2.79. The molecule has 5 heteroatoms. The van der Waals surface area contributed by atoms with Crippen molar-refractivity contribution in [1.82, 2.24) is 4.90 Å². The van der Waals surface area contributed by atoms with Gasteiger partial charge in [0.1, 0.15) is 17.9 Å². The molecule has 0 aliphatic carbocycles. The zero-order chi connectivity index (χ0) is 15.2. The number of nitrogens with zero attached hydrogens (tertiary/aromatic N) is 1. The van der Waals surface area contributed by atoms with Gasteiger partial charge < -0.3 is 14.7 Å². The minimum absolute atomic E-state index is 0.147. The standard InChI is InChI=1S/C16H21NO4/c1-2-5-12-10-15(18)17(11-12)8-9-21-14-7-4-3-6-13(14)16(19)20/h3-4,6-7,12H,2,5,8-11H2,1H3,(H,19,20). The molecule has 1 aromatic carbocycles. The lowest BCUT2D eigenvalue weighted by Crippen LogP contribution is -2.30. The van der Waals surface area contributed by atoms with Gasteiger partial charge in [-0.3, -0.25) is 4.79 Å². The molecule has 0 radical (unpaired) electrons. The molecule has 1 atom stereocenters. The lowest BCUT2D eigenvalue weighted by molar-refractivity contribution is -0.128. The summed E-state index contributed by atoms with van der Waals surface area (Å²) in [6, 6.07) is 6.54. The van der Waals surface area contributed by atoms with E-state index in [2.05, 4.69) is 6.92 Å². The number of carboxylic acid groups (broad SMARTS) is 1. The van der Waals surface area contributed by atoms with Gasteiger partial charge in [0.05, 0.1) is 6.54 Å². The summed E-state index contributed by atoms with van der Waals surface area (Å²) in [6.45, 7) is 3.73. The third-order valence-corrected chi connectivity index (χ3v) is 3.73. The predicted octanol–water partition coefficient (Wildman–Crippen LogP) is 2.41. The highest BCUT2D eigenvalue weighted by molar-refractivity contribution is 5.90. The lowest BCUT2D eigenvalue weighted by Gasteiger charge is -2.17. The van der Waals surface area contributed by atoms with Gasteiger partial charge in [0, 0.05) is 13.0 Å². The molecule has 1 N–H and O–H groups in total. The van der Waals surface area contributed by atoms with Crippen molar-refractivity contribution in [2.24, 2.45) is 5.92 Å². The molecule has 1 aliphatic heterocycles. The maximum absolute atomic E-state index is 11.9. The van der Waals surface area contributed by atoms with E-state index in [9.17, 15) is 9.59 Å². The molecule has 0 saturated carbocycles. The molecule has 1 heterocycles. The normalized spacial score (nSPS) is 18.0. The Balaban J connectivity index is 1.85. The van der Waals surface area contributed by atoms with Crippen molar-refractivity contribution in [2.75, 3.05) is 19.7 Å². The highest BCUT2D eigenvalue weighted by atomic mass is 16.5. The van der Waals surface area contributed by atoms with Crippen LogP contribution in [0.5, 0.6) is 5.75 Å². The van der Waals surface area contributed by atoms with Crippen LogP contribution in [-0.2, 0) is 4.79 Å². The first-order valence-corrected chi connectivity index (χ1v) is 7.34. The summed E-state index contributed by atoms with van der Waals surface area (Å²) < 4.78 is 5.53. The molecule has 1 unspecified atom stereocenters. The van der Waals surface area contributed by atoms with Gasteiger partial charge in [-0.15, -0.1) is 0 Å². The van der Waals surface area contributed by atoms with Crippen molar-refractivity contribution in [2.45, 2.75) is 26.2 Å². The zero-order valence-electron chi connectivity index (χ0n) is 12.2. The first kappa shape index (κ1) is 15.4. The van der Waals surface area contributed by atoms with Crippen LogP contribution in [0.3, 0.4) is 0 Å². The molecule has 5 nitrogen and oxygen atoms in total. The van der Waals surface area contributed by atoms with Gasteiger partial charge in [0.15, 0.2) is 0 Å². The van der Waals surface area contributed by atoms with Crippen LogP contribution in [0.15, 0.2) is 24.3 Å². The Kier molecular flexibility index (Phi) is 5.20.